The summed E-state index contributed by atoms with van der Waals surface area (Å²) in [6, 6.07) is 15.3. The van der Waals surface area contributed by atoms with E-state index in [-0.39, 0.29) is 5.43 Å². The number of anilines is 1. The van der Waals surface area contributed by atoms with Crippen molar-refractivity contribution in [1.29, 1.82) is 0 Å². The van der Waals surface area contributed by atoms with Gasteiger partial charge in [0.2, 0.25) is 0 Å². The van der Waals surface area contributed by atoms with Gasteiger partial charge in [-0.2, -0.15) is 0 Å². The predicted octanol–water partition coefficient (Wildman–Crippen LogP) is 5.85. The average molecular weight is 374 g/mol. The molecule has 0 saturated carbocycles. The molecule has 0 bridgehead atoms. The van der Waals surface area contributed by atoms with E-state index in [0.717, 1.165) is 41.0 Å². The van der Waals surface area contributed by atoms with Crippen LogP contribution in [-0.2, 0) is 0 Å². The van der Waals surface area contributed by atoms with Crippen molar-refractivity contribution >= 4 is 27.6 Å². The molecule has 4 nitrogen and oxygen atoms in total. The molecule has 0 atom stereocenters. The molecule has 4 heteroatoms. The fraction of sp³-hybridized carbons (Fsp3) is 0.333. The molecule has 2 aromatic carbocycles. The molecule has 0 N–H and O–H groups in total. The van der Waals surface area contributed by atoms with E-state index < -0.39 is 0 Å². The third-order valence-electron chi connectivity index (χ3n) is 5.27. The van der Waals surface area contributed by atoms with Gasteiger partial charge >= 0.3 is 0 Å². The highest BCUT2D eigenvalue weighted by Crippen LogP contribution is 2.31. The van der Waals surface area contributed by atoms with Gasteiger partial charge in [-0.05, 0) is 25.0 Å². The number of nitrogens with zero attached hydrogens (tertiary/aromatic N) is 2. The summed E-state index contributed by atoms with van der Waals surface area (Å²) in [5.74, 6) is 0.544. The first-order chi connectivity index (χ1) is 13.7. The summed E-state index contributed by atoms with van der Waals surface area (Å²) in [7, 11) is 0. The number of benzene rings is 3. The van der Waals surface area contributed by atoms with Crippen molar-refractivity contribution in [3.8, 4) is 11.5 Å². The first-order valence-electron chi connectivity index (χ1n) is 10.2. The summed E-state index contributed by atoms with van der Waals surface area (Å²) >= 11 is 0. The van der Waals surface area contributed by atoms with Crippen molar-refractivity contribution in [3.05, 3.63) is 58.8 Å². The summed E-state index contributed by atoms with van der Waals surface area (Å²) in [5, 5.41) is 1.52. The fourth-order valence-corrected chi connectivity index (χ4v) is 3.68. The highest BCUT2D eigenvalue weighted by Gasteiger charge is 2.16. The lowest BCUT2D eigenvalue weighted by atomic mass is 10.0. The van der Waals surface area contributed by atoms with Crippen LogP contribution < -0.4 is 10.3 Å². The lowest BCUT2D eigenvalue weighted by Crippen LogP contribution is -2.25. The molecule has 2 aromatic rings. The number of hydrogen-bond acceptors (Lipinski definition) is 4. The molecule has 1 aliphatic carbocycles. The van der Waals surface area contributed by atoms with Crippen LogP contribution in [0, 0.1) is 0 Å². The van der Waals surface area contributed by atoms with E-state index in [2.05, 4.69) is 30.9 Å². The second kappa shape index (κ2) is 8.01. The van der Waals surface area contributed by atoms with Crippen LogP contribution in [0.3, 0.4) is 0 Å². The predicted molar refractivity (Wildman–Crippen MR) is 116 cm³/mol. The molecule has 144 valence electrons. The van der Waals surface area contributed by atoms with Crippen LogP contribution in [0.25, 0.3) is 33.3 Å². The Labute approximate surface area is 165 Å². The van der Waals surface area contributed by atoms with Gasteiger partial charge in [-0.25, -0.2) is 4.98 Å². The van der Waals surface area contributed by atoms with Crippen LogP contribution in [0.2, 0.25) is 0 Å². The normalized spacial score (nSPS) is 11.5. The minimum Gasteiger partial charge on any atom is -0.453 e. The van der Waals surface area contributed by atoms with E-state index in [1.54, 1.807) is 6.07 Å². The zero-order valence-electron chi connectivity index (χ0n) is 16.6. The Hall–Kier alpha value is -2.88. The van der Waals surface area contributed by atoms with Gasteiger partial charge in [0.1, 0.15) is 11.2 Å². The first-order valence-corrected chi connectivity index (χ1v) is 10.2. The van der Waals surface area contributed by atoms with E-state index in [1.807, 2.05) is 30.3 Å². The number of aromatic nitrogens is 1. The highest BCUT2D eigenvalue weighted by atomic mass is 16.3. The Kier molecular flexibility index (Phi) is 5.29. The molecule has 1 aliphatic heterocycles. The molecule has 1 heterocycles. The van der Waals surface area contributed by atoms with Crippen LogP contribution in [0.15, 0.2) is 57.7 Å². The molecule has 0 saturated heterocycles. The topological polar surface area (TPSA) is 46.3 Å². The van der Waals surface area contributed by atoms with E-state index in [1.165, 1.54) is 25.7 Å². The van der Waals surface area contributed by atoms with Crippen molar-refractivity contribution in [2.24, 2.45) is 0 Å². The Morgan fingerprint density at radius 2 is 1.64 bits per heavy atom. The third kappa shape index (κ3) is 3.47. The van der Waals surface area contributed by atoms with Gasteiger partial charge < -0.3 is 9.32 Å². The van der Waals surface area contributed by atoms with Crippen LogP contribution >= 0.6 is 0 Å². The summed E-state index contributed by atoms with van der Waals surface area (Å²) < 4.78 is 6.15. The summed E-state index contributed by atoms with van der Waals surface area (Å²) in [6.45, 7) is 6.51. The second-order valence-corrected chi connectivity index (χ2v) is 7.33. The van der Waals surface area contributed by atoms with Crippen molar-refractivity contribution in [2.75, 3.05) is 18.0 Å². The quantitative estimate of drug-likeness (QED) is 0.300. The van der Waals surface area contributed by atoms with Crippen LogP contribution in [-0.4, -0.2) is 18.1 Å². The maximum Gasteiger partial charge on any atom is 0.190 e. The van der Waals surface area contributed by atoms with Crippen LogP contribution in [0.4, 0.5) is 5.69 Å². The lowest BCUT2D eigenvalue weighted by molar-refractivity contribution is 0.613. The molecular weight excluding hydrogens is 348 g/mol. The summed E-state index contributed by atoms with van der Waals surface area (Å²) in [5.41, 5.74) is 3.40. The second-order valence-electron chi connectivity index (χ2n) is 7.33. The molecule has 0 fully saturated rings. The van der Waals surface area contributed by atoms with Gasteiger partial charge in [0, 0.05) is 41.7 Å². The average Bonchev–Trinajstić information content (AvgIpc) is 2.72. The van der Waals surface area contributed by atoms with E-state index >= 15 is 0 Å². The maximum atomic E-state index is 12.4. The van der Waals surface area contributed by atoms with Crippen LogP contribution in [0.1, 0.15) is 39.5 Å². The molecule has 0 spiro atoms. The maximum absolute atomic E-state index is 12.4. The van der Waals surface area contributed by atoms with Crippen molar-refractivity contribution in [3.63, 3.8) is 0 Å². The largest absolute Gasteiger partial charge is 0.453 e. The molecule has 0 unspecified atom stereocenters. The standard InChI is InChI=1S/C24H26N2O2/c1-3-5-13-26(14-6-4-2)17-11-12-20-22(15-17)28-23-16-21(27)18-9-7-8-10-19(18)24(23)25-20/h7-12,15-16H,3-6,13-14H2,1-2H3. The van der Waals surface area contributed by atoms with Crippen LogP contribution in [0.5, 0.6) is 0 Å². The molecule has 4 rings (SSSR count). The minimum absolute atomic E-state index is 0.0309. The third-order valence-corrected chi connectivity index (χ3v) is 5.27. The van der Waals surface area contributed by atoms with Gasteiger partial charge in [-0.3, -0.25) is 4.79 Å². The van der Waals surface area contributed by atoms with Gasteiger partial charge in [0.25, 0.3) is 0 Å². The zero-order valence-corrected chi connectivity index (χ0v) is 16.6. The van der Waals surface area contributed by atoms with Gasteiger partial charge in [-0.1, -0.05) is 51.0 Å². The first kappa shape index (κ1) is 18.5. The molecule has 2 aliphatic rings. The molecular formula is C24H26N2O2. The number of rotatable bonds is 7. The minimum atomic E-state index is -0.0309. The van der Waals surface area contributed by atoms with Crippen molar-refractivity contribution in [1.82, 2.24) is 4.98 Å². The Morgan fingerprint density at radius 3 is 2.36 bits per heavy atom. The Bertz CT molecular complexity index is 1120. The van der Waals surface area contributed by atoms with Crippen molar-refractivity contribution < 1.29 is 4.42 Å². The van der Waals surface area contributed by atoms with E-state index in [0.29, 0.717) is 11.1 Å². The highest BCUT2D eigenvalue weighted by molar-refractivity contribution is 5.96. The summed E-state index contributed by atoms with van der Waals surface area (Å²) in [4.78, 5) is 19.7. The molecule has 0 radical (unpaired) electrons. The zero-order chi connectivity index (χ0) is 19.5. The summed E-state index contributed by atoms with van der Waals surface area (Å²) in [6.07, 6.45) is 4.68. The monoisotopic (exact) mass is 374 g/mol. The van der Waals surface area contributed by atoms with Gasteiger partial charge in [-0.15, -0.1) is 0 Å². The molecule has 28 heavy (non-hydrogen) atoms. The van der Waals surface area contributed by atoms with Gasteiger partial charge in [0.05, 0.1) is 0 Å². The fourth-order valence-electron chi connectivity index (χ4n) is 3.68. The van der Waals surface area contributed by atoms with Gasteiger partial charge in [0.15, 0.2) is 16.8 Å². The number of unbranched alkanes of at least 4 members (excludes halogenated alkanes) is 2. The molecule has 0 aromatic heterocycles. The Morgan fingerprint density at radius 1 is 0.929 bits per heavy atom. The Balaban J connectivity index is 1.83. The SMILES string of the molecule is CCCCN(CCCC)c1ccc2nc3c4ccccc4c(=O)cc-3oc2c1. The van der Waals surface area contributed by atoms with E-state index in [4.69, 9.17) is 9.40 Å². The van der Waals surface area contributed by atoms with E-state index in [9.17, 15) is 4.79 Å². The molecule has 0 amide bonds. The smallest absolute Gasteiger partial charge is 0.190 e. The number of fused-ring (bicyclic) bond motifs is 4. The number of hydrogen-bond donors (Lipinski definition) is 0. The van der Waals surface area contributed by atoms with Crippen molar-refractivity contribution in [2.45, 2.75) is 39.5 Å². The lowest BCUT2D eigenvalue weighted by Gasteiger charge is -2.25.